The van der Waals surface area contributed by atoms with Gasteiger partial charge in [0.2, 0.25) is 0 Å². The SMILES string of the molecule is O=C(c1cc(F)ccc1F)N1CCOc2ccc(CN3CCc4ccccc4C3)cc2C1. The van der Waals surface area contributed by atoms with Crippen LogP contribution in [0, 0.1) is 11.6 Å². The van der Waals surface area contributed by atoms with Gasteiger partial charge in [0.15, 0.2) is 0 Å². The monoisotopic (exact) mass is 434 g/mol. The van der Waals surface area contributed by atoms with Gasteiger partial charge in [-0.1, -0.05) is 30.3 Å². The molecule has 0 aromatic heterocycles. The van der Waals surface area contributed by atoms with Gasteiger partial charge in [0.05, 0.1) is 12.1 Å². The predicted octanol–water partition coefficient (Wildman–Crippen LogP) is 4.56. The van der Waals surface area contributed by atoms with Crippen LogP contribution in [0.25, 0.3) is 0 Å². The summed E-state index contributed by atoms with van der Waals surface area (Å²) in [6.45, 7) is 3.61. The molecule has 0 atom stereocenters. The van der Waals surface area contributed by atoms with E-state index in [2.05, 4.69) is 41.3 Å². The molecule has 1 amide bonds. The minimum absolute atomic E-state index is 0.253. The number of nitrogens with zero attached hydrogens (tertiary/aromatic N) is 2. The van der Waals surface area contributed by atoms with Crippen molar-refractivity contribution in [2.75, 3.05) is 19.7 Å². The molecule has 0 N–H and O–H groups in total. The fraction of sp³-hybridized carbons (Fsp3) is 0.269. The van der Waals surface area contributed by atoms with Crippen LogP contribution < -0.4 is 4.74 Å². The van der Waals surface area contributed by atoms with E-state index in [0.29, 0.717) is 19.7 Å². The number of hydrogen-bond acceptors (Lipinski definition) is 3. The fourth-order valence-electron chi connectivity index (χ4n) is 4.50. The van der Waals surface area contributed by atoms with Crippen LogP contribution >= 0.6 is 0 Å². The van der Waals surface area contributed by atoms with Crippen molar-refractivity contribution in [3.63, 3.8) is 0 Å². The number of halogens is 2. The average Bonchev–Trinajstić information content (AvgIpc) is 3.02. The zero-order valence-electron chi connectivity index (χ0n) is 17.7. The van der Waals surface area contributed by atoms with Crippen LogP contribution in [0.4, 0.5) is 8.78 Å². The van der Waals surface area contributed by atoms with Crippen LogP contribution in [-0.2, 0) is 26.1 Å². The third-order valence-corrected chi connectivity index (χ3v) is 6.17. The summed E-state index contributed by atoms with van der Waals surface area (Å²) in [6.07, 6.45) is 1.03. The summed E-state index contributed by atoms with van der Waals surface area (Å²) in [6, 6.07) is 17.6. The Morgan fingerprint density at radius 2 is 1.75 bits per heavy atom. The van der Waals surface area contributed by atoms with Gasteiger partial charge >= 0.3 is 0 Å². The highest BCUT2D eigenvalue weighted by atomic mass is 19.1. The van der Waals surface area contributed by atoms with Crippen LogP contribution in [0.5, 0.6) is 5.75 Å². The largest absolute Gasteiger partial charge is 0.491 e. The van der Waals surface area contributed by atoms with Crippen molar-refractivity contribution >= 4 is 5.91 Å². The maximum absolute atomic E-state index is 14.2. The molecule has 3 aromatic rings. The van der Waals surface area contributed by atoms with Gasteiger partial charge in [-0.2, -0.15) is 0 Å². The molecule has 6 heteroatoms. The molecular weight excluding hydrogens is 410 g/mol. The summed E-state index contributed by atoms with van der Waals surface area (Å²) < 4.78 is 33.6. The Bertz CT molecular complexity index is 1160. The van der Waals surface area contributed by atoms with Gasteiger partial charge in [-0.3, -0.25) is 9.69 Å². The molecule has 0 bridgehead atoms. The third-order valence-electron chi connectivity index (χ3n) is 6.17. The number of carbonyl (C=O) groups excluding carboxylic acids is 1. The molecule has 2 aliphatic heterocycles. The second kappa shape index (κ2) is 8.71. The number of carbonyl (C=O) groups is 1. The van der Waals surface area contributed by atoms with Crippen molar-refractivity contribution in [2.24, 2.45) is 0 Å². The van der Waals surface area contributed by atoms with Crippen molar-refractivity contribution in [1.82, 2.24) is 9.80 Å². The third kappa shape index (κ3) is 4.23. The first kappa shape index (κ1) is 20.6. The van der Waals surface area contributed by atoms with E-state index in [0.717, 1.165) is 61.1 Å². The molecule has 164 valence electrons. The molecule has 0 spiro atoms. The highest BCUT2D eigenvalue weighted by Gasteiger charge is 2.24. The number of fused-ring (bicyclic) bond motifs is 2. The summed E-state index contributed by atoms with van der Waals surface area (Å²) in [5, 5.41) is 0. The molecule has 4 nitrogen and oxygen atoms in total. The number of amides is 1. The second-order valence-corrected chi connectivity index (χ2v) is 8.37. The quantitative estimate of drug-likeness (QED) is 0.606. The Morgan fingerprint density at radius 3 is 2.62 bits per heavy atom. The smallest absolute Gasteiger partial charge is 0.257 e. The van der Waals surface area contributed by atoms with Crippen molar-refractivity contribution in [3.05, 3.63) is 100 Å². The fourth-order valence-corrected chi connectivity index (χ4v) is 4.50. The standard InChI is InChI=1S/C26H24F2N2O2/c27-22-6-7-24(28)23(14-22)26(31)30-11-12-32-25-8-5-18(13-21(25)17-30)15-29-10-9-19-3-1-2-4-20(19)16-29/h1-8,13-14H,9-12,15-17H2. The van der Waals surface area contributed by atoms with Gasteiger partial charge in [-0.15, -0.1) is 0 Å². The van der Waals surface area contributed by atoms with E-state index < -0.39 is 17.5 Å². The Labute approximate surface area is 186 Å². The zero-order valence-corrected chi connectivity index (χ0v) is 17.7. The number of ether oxygens (including phenoxy) is 1. The van der Waals surface area contributed by atoms with E-state index in [1.807, 2.05) is 6.07 Å². The van der Waals surface area contributed by atoms with Gasteiger partial charge in [0.1, 0.15) is 24.0 Å². The van der Waals surface area contributed by atoms with Crippen LogP contribution in [0.1, 0.15) is 32.6 Å². The lowest BCUT2D eigenvalue weighted by atomic mass is 9.99. The minimum atomic E-state index is -0.721. The number of hydrogen-bond donors (Lipinski definition) is 0. The summed E-state index contributed by atoms with van der Waals surface area (Å²) in [7, 11) is 0. The number of rotatable bonds is 3. The molecule has 2 heterocycles. The molecule has 0 radical (unpaired) electrons. The van der Waals surface area contributed by atoms with E-state index in [9.17, 15) is 13.6 Å². The maximum Gasteiger partial charge on any atom is 0.257 e. The molecule has 3 aromatic carbocycles. The van der Waals surface area contributed by atoms with Crippen molar-refractivity contribution < 1.29 is 18.3 Å². The lowest BCUT2D eigenvalue weighted by molar-refractivity contribution is 0.0728. The Balaban J connectivity index is 1.34. The Hall–Kier alpha value is -3.25. The average molecular weight is 434 g/mol. The maximum atomic E-state index is 14.2. The first-order valence-corrected chi connectivity index (χ1v) is 10.8. The Kier molecular flexibility index (Phi) is 5.62. The number of benzene rings is 3. The lowest BCUT2D eigenvalue weighted by Crippen LogP contribution is -2.33. The molecule has 32 heavy (non-hydrogen) atoms. The van der Waals surface area contributed by atoms with Gasteiger partial charge < -0.3 is 9.64 Å². The highest BCUT2D eigenvalue weighted by Crippen LogP contribution is 2.27. The molecule has 0 aliphatic carbocycles. The minimum Gasteiger partial charge on any atom is -0.491 e. The molecule has 0 unspecified atom stereocenters. The van der Waals surface area contributed by atoms with Crippen LogP contribution in [0.3, 0.4) is 0 Å². The van der Waals surface area contributed by atoms with E-state index in [1.54, 1.807) is 0 Å². The molecule has 5 rings (SSSR count). The lowest BCUT2D eigenvalue weighted by Gasteiger charge is -2.29. The normalized spacial score (nSPS) is 16.0. The highest BCUT2D eigenvalue weighted by molar-refractivity contribution is 5.94. The van der Waals surface area contributed by atoms with Gasteiger partial charge in [-0.05, 0) is 53.4 Å². The molecule has 0 saturated heterocycles. The molecule has 2 aliphatic rings. The van der Waals surface area contributed by atoms with E-state index in [1.165, 1.54) is 16.0 Å². The van der Waals surface area contributed by atoms with Crippen molar-refractivity contribution in [2.45, 2.75) is 26.1 Å². The molecular formula is C26H24F2N2O2. The topological polar surface area (TPSA) is 32.8 Å². The van der Waals surface area contributed by atoms with Gasteiger partial charge in [0, 0.05) is 31.7 Å². The first-order chi connectivity index (χ1) is 15.6. The Morgan fingerprint density at radius 1 is 0.906 bits per heavy atom. The van der Waals surface area contributed by atoms with Crippen LogP contribution in [0.15, 0.2) is 60.7 Å². The summed E-state index contributed by atoms with van der Waals surface area (Å²) in [4.78, 5) is 16.8. The van der Waals surface area contributed by atoms with Crippen molar-refractivity contribution in [3.8, 4) is 5.75 Å². The molecule has 0 fully saturated rings. The van der Waals surface area contributed by atoms with Gasteiger partial charge in [0.25, 0.3) is 5.91 Å². The van der Waals surface area contributed by atoms with E-state index in [-0.39, 0.29) is 5.56 Å². The summed E-state index contributed by atoms with van der Waals surface area (Å²) >= 11 is 0. The summed E-state index contributed by atoms with van der Waals surface area (Å²) in [5.41, 5.74) is 4.54. The predicted molar refractivity (Wildman–Crippen MR) is 117 cm³/mol. The first-order valence-electron chi connectivity index (χ1n) is 10.8. The van der Waals surface area contributed by atoms with Crippen LogP contribution in [-0.4, -0.2) is 35.4 Å². The van der Waals surface area contributed by atoms with Gasteiger partial charge in [-0.25, -0.2) is 8.78 Å². The van der Waals surface area contributed by atoms with Crippen molar-refractivity contribution in [1.29, 1.82) is 0 Å². The van der Waals surface area contributed by atoms with Crippen LogP contribution in [0.2, 0.25) is 0 Å². The summed E-state index contributed by atoms with van der Waals surface area (Å²) in [5.74, 6) is -1.16. The second-order valence-electron chi connectivity index (χ2n) is 8.37. The molecule has 0 saturated carbocycles. The zero-order chi connectivity index (χ0) is 22.1. The van der Waals surface area contributed by atoms with E-state index >= 15 is 0 Å². The van der Waals surface area contributed by atoms with E-state index in [4.69, 9.17) is 4.74 Å².